The van der Waals surface area contributed by atoms with Gasteiger partial charge in [0.1, 0.15) is 0 Å². The molecule has 2 heterocycles. The molecule has 0 aliphatic carbocycles. The van der Waals surface area contributed by atoms with Gasteiger partial charge in [0.05, 0.1) is 10.3 Å². The van der Waals surface area contributed by atoms with Crippen molar-refractivity contribution in [2.24, 2.45) is 0 Å². The van der Waals surface area contributed by atoms with Gasteiger partial charge in [-0.15, -0.1) is 17.8 Å². The highest BCUT2D eigenvalue weighted by Crippen LogP contribution is 2.22. The third-order valence-corrected chi connectivity index (χ3v) is 4.72. The monoisotopic (exact) mass is 312 g/mol. The predicted octanol–water partition coefficient (Wildman–Crippen LogP) is 2.70. The Hall–Kier alpha value is -0.340. The van der Waals surface area contributed by atoms with Gasteiger partial charge in [0.15, 0.2) is 0 Å². The molecule has 0 saturated carbocycles. The number of terminal acetylenes is 1. The fourth-order valence-electron chi connectivity index (χ4n) is 2.12. The molecule has 0 radical (unpaired) electrons. The summed E-state index contributed by atoms with van der Waals surface area (Å²) in [4.78, 5) is 3.74. The maximum absolute atomic E-state index is 5.32. The molecule has 1 fully saturated rings. The molecule has 2 rings (SSSR count). The van der Waals surface area contributed by atoms with E-state index in [2.05, 4.69) is 44.2 Å². The summed E-state index contributed by atoms with van der Waals surface area (Å²) in [5.41, 5.74) is 0. The smallest absolute Gasteiger partial charge is 0.0701 e. The minimum Gasteiger partial charge on any atom is -0.309 e. The van der Waals surface area contributed by atoms with E-state index in [0.29, 0.717) is 6.04 Å². The molecular weight excluding hydrogens is 296 g/mol. The normalized spacial score (nSPS) is 18.1. The molecule has 4 heteroatoms. The van der Waals surface area contributed by atoms with Crippen LogP contribution in [-0.2, 0) is 6.54 Å². The van der Waals surface area contributed by atoms with Crippen LogP contribution in [0.25, 0.3) is 0 Å². The second-order valence-corrected chi connectivity index (χ2v) is 6.89. The molecule has 0 aromatic carbocycles. The number of piperidine rings is 1. The minimum absolute atomic E-state index is 0.643. The van der Waals surface area contributed by atoms with Crippen molar-refractivity contribution in [1.29, 1.82) is 0 Å². The molecule has 0 spiro atoms. The van der Waals surface area contributed by atoms with Gasteiger partial charge in [0.25, 0.3) is 0 Å². The van der Waals surface area contributed by atoms with Crippen LogP contribution in [0.2, 0.25) is 0 Å². The lowest BCUT2D eigenvalue weighted by molar-refractivity contribution is 0.217. The van der Waals surface area contributed by atoms with Crippen LogP contribution in [0.5, 0.6) is 0 Å². The van der Waals surface area contributed by atoms with Crippen molar-refractivity contribution in [3.05, 3.63) is 20.8 Å². The number of nitrogens with zero attached hydrogens (tertiary/aromatic N) is 1. The molecule has 0 atom stereocenters. The van der Waals surface area contributed by atoms with Crippen molar-refractivity contribution in [3.63, 3.8) is 0 Å². The largest absolute Gasteiger partial charge is 0.309 e. The predicted molar refractivity (Wildman–Crippen MR) is 77.2 cm³/mol. The molecule has 0 bridgehead atoms. The summed E-state index contributed by atoms with van der Waals surface area (Å²) < 4.78 is 1.21. The van der Waals surface area contributed by atoms with Crippen LogP contribution in [-0.4, -0.2) is 30.6 Å². The molecule has 1 aromatic heterocycles. The Bertz CT molecular complexity index is 388. The topological polar surface area (TPSA) is 15.3 Å². The van der Waals surface area contributed by atoms with Gasteiger partial charge in [-0.1, -0.05) is 5.92 Å². The summed E-state index contributed by atoms with van der Waals surface area (Å²) in [6, 6.07) is 4.93. The summed E-state index contributed by atoms with van der Waals surface area (Å²) in [7, 11) is 0. The average Bonchev–Trinajstić information content (AvgIpc) is 2.75. The van der Waals surface area contributed by atoms with Gasteiger partial charge in [-0.2, -0.15) is 0 Å². The Morgan fingerprint density at radius 3 is 2.82 bits per heavy atom. The molecule has 1 aromatic rings. The number of hydrogen-bond acceptors (Lipinski definition) is 3. The lowest BCUT2D eigenvalue weighted by atomic mass is 10.1. The van der Waals surface area contributed by atoms with E-state index in [1.165, 1.54) is 21.5 Å². The fourth-order valence-corrected chi connectivity index (χ4v) is 3.55. The number of thiophene rings is 1. The Labute approximate surface area is 116 Å². The quantitative estimate of drug-likeness (QED) is 0.860. The van der Waals surface area contributed by atoms with Gasteiger partial charge in [0, 0.05) is 30.6 Å². The van der Waals surface area contributed by atoms with E-state index in [1.54, 1.807) is 11.3 Å². The van der Waals surface area contributed by atoms with E-state index >= 15 is 0 Å². The first-order chi connectivity index (χ1) is 8.28. The highest BCUT2D eigenvalue weighted by molar-refractivity contribution is 9.11. The Kier molecular flexibility index (Phi) is 5.05. The van der Waals surface area contributed by atoms with Crippen LogP contribution in [0.3, 0.4) is 0 Å². The van der Waals surface area contributed by atoms with Gasteiger partial charge in [-0.3, -0.25) is 4.90 Å². The average molecular weight is 313 g/mol. The second-order valence-electron chi connectivity index (χ2n) is 4.34. The van der Waals surface area contributed by atoms with Crippen molar-refractivity contribution >= 4 is 27.3 Å². The zero-order valence-corrected chi connectivity index (χ0v) is 12.2. The van der Waals surface area contributed by atoms with Gasteiger partial charge in [-0.25, -0.2) is 0 Å². The Morgan fingerprint density at radius 2 is 2.24 bits per heavy atom. The Morgan fingerprint density at radius 1 is 1.47 bits per heavy atom. The lowest BCUT2D eigenvalue weighted by Crippen LogP contribution is -2.42. The highest BCUT2D eigenvalue weighted by Gasteiger charge is 2.17. The maximum atomic E-state index is 5.32. The number of nitrogens with one attached hydrogen (secondary N) is 1. The molecule has 1 N–H and O–H groups in total. The van der Waals surface area contributed by atoms with Gasteiger partial charge in [0.2, 0.25) is 0 Å². The third-order valence-electron chi connectivity index (χ3n) is 3.10. The summed E-state index contributed by atoms with van der Waals surface area (Å²) >= 11 is 5.29. The van der Waals surface area contributed by atoms with Crippen LogP contribution < -0.4 is 5.32 Å². The molecule has 0 unspecified atom stereocenters. The first-order valence-electron chi connectivity index (χ1n) is 5.91. The molecule has 2 nitrogen and oxygen atoms in total. The lowest BCUT2D eigenvalue weighted by Gasteiger charge is -2.31. The maximum Gasteiger partial charge on any atom is 0.0701 e. The van der Waals surface area contributed by atoms with Crippen LogP contribution in [0, 0.1) is 12.3 Å². The second kappa shape index (κ2) is 6.55. The molecule has 1 aliphatic rings. The van der Waals surface area contributed by atoms with Crippen molar-refractivity contribution in [3.8, 4) is 12.3 Å². The number of likely N-dealkylation sites (tertiary alicyclic amines) is 1. The van der Waals surface area contributed by atoms with Crippen LogP contribution in [0.15, 0.2) is 15.9 Å². The summed E-state index contributed by atoms with van der Waals surface area (Å²) in [6.45, 7) is 4.02. The number of rotatable bonds is 4. The summed E-state index contributed by atoms with van der Waals surface area (Å²) in [6.07, 6.45) is 7.73. The number of hydrogen-bond donors (Lipinski definition) is 1. The third kappa shape index (κ3) is 4.11. The van der Waals surface area contributed by atoms with Gasteiger partial charge >= 0.3 is 0 Å². The van der Waals surface area contributed by atoms with Crippen LogP contribution in [0.1, 0.15) is 17.7 Å². The van der Waals surface area contributed by atoms with Crippen molar-refractivity contribution in [1.82, 2.24) is 10.2 Å². The van der Waals surface area contributed by atoms with E-state index in [4.69, 9.17) is 6.42 Å². The minimum atomic E-state index is 0.643. The van der Waals surface area contributed by atoms with Gasteiger partial charge < -0.3 is 5.32 Å². The molecule has 1 saturated heterocycles. The van der Waals surface area contributed by atoms with E-state index in [1.807, 2.05) is 0 Å². The van der Waals surface area contributed by atoms with E-state index < -0.39 is 0 Å². The molecule has 0 amide bonds. The van der Waals surface area contributed by atoms with Crippen molar-refractivity contribution < 1.29 is 0 Å². The van der Waals surface area contributed by atoms with Crippen molar-refractivity contribution in [2.45, 2.75) is 25.4 Å². The van der Waals surface area contributed by atoms with Crippen LogP contribution >= 0.6 is 27.3 Å². The zero-order chi connectivity index (χ0) is 12.1. The number of halogens is 1. The standard InChI is InChI=1S/C13H17BrN2S/c1-2-7-16-8-5-11(6-9-16)15-10-12-3-4-13(14)17-12/h1,3-4,11,15H,5-10H2. The summed E-state index contributed by atoms with van der Waals surface area (Å²) in [5, 5.41) is 3.63. The van der Waals surface area contributed by atoms with E-state index in [0.717, 1.165) is 26.2 Å². The van der Waals surface area contributed by atoms with Crippen molar-refractivity contribution in [2.75, 3.05) is 19.6 Å². The van der Waals surface area contributed by atoms with Crippen LogP contribution in [0.4, 0.5) is 0 Å². The summed E-state index contributed by atoms with van der Waals surface area (Å²) in [5.74, 6) is 2.71. The Balaban J connectivity index is 1.70. The molecule has 17 heavy (non-hydrogen) atoms. The SMILES string of the molecule is C#CCN1CCC(NCc2ccc(Br)s2)CC1. The fraction of sp³-hybridized carbons (Fsp3) is 0.538. The first kappa shape index (κ1) is 13.1. The molecule has 92 valence electrons. The van der Waals surface area contributed by atoms with E-state index in [-0.39, 0.29) is 0 Å². The first-order valence-corrected chi connectivity index (χ1v) is 7.52. The van der Waals surface area contributed by atoms with E-state index in [9.17, 15) is 0 Å². The van der Waals surface area contributed by atoms with Gasteiger partial charge in [-0.05, 0) is 40.9 Å². The highest BCUT2D eigenvalue weighted by atomic mass is 79.9. The molecule has 1 aliphatic heterocycles. The molecular formula is C13H17BrN2S. The zero-order valence-electron chi connectivity index (χ0n) is 9.79.